The van der Waals surface area contributed by atoms with E-state index in [0.717, 1.165) is 6.42 Å². The van der Waals surface area contributed by atoms with E-state index in [-0.39, 0.29) is 17.2 Å². The summed E-state index contributed by atoms with van der Waals surface area (Å²) in [5.41, 5.74) is 1.13. The topological polar surface area (TPSA) is 34.9 Å². The van der Waals surface area contributed by atoms with Gasteiger partial charge in [0.15, 0.2) is 5.78 Å². The maximum absolute atomic E-state index is 13.0. The molecule has 0 amide bonds. The largest absolute Gasteiger partial charge is 0.292 e. The first-order chi connectivity index (χ1) is 9.52. The summed E-state index contributed by atoms with van der Waals surface area (Å²) < 4.78 is 15.3. The number of aryl methyl sites for hydroxylation is 1. The van der Waals surface area contributed by atoms with E-state index >= 15 is 0 Å². The Labute approximate surface area is 129 Å². The second-order valence-electron chi connectivity index (χ2n) is 4.40. The van der Waals surface area contributed by atoms with E-state index in [1.54, 1.807) is 10.9 Å². The predicted molar refractivity (Wildman–Crippen MR) is 79.7 cm³/mol. The van der Waals surface area contributed by atoms with Crippen molar-refractivity contribution in [3.8, 4) is 0 Å². The highest BCUT2D eigenvalue weighted by Crippen LogP contribution is 2.22. The van der Waals surface area contributed by atoms with Crippen molar-refractivity contribution in [3.63, 3.8) is 0 Å². The SMILES string of the molecule is CCCn1ncc(Br)c1C(=O)Cc1ccc(F)cc1Cl. The molecular weight excluding hydrogens is 347 g/mol. The lowest BCUT2D eigenvalue weighted by Gasteiger charge is -2.07. The summed E-state index contributed by atoms with van der Waals surface area (Å²) in [5.74, 6) is -0.514. The molecule has 0 fully saturated rings. The average molecular weight is 360 g/mol. The number of hydrogen-bond acceptors (Lipinski definition) is 2. The Balaban J connectivity index is 2.26. The number of carbonyl (C=O) groups is 1. The van der Waals surface area contributed by atoms with Gasteiger partial charge in [-0.25, -0.2) is 4.39 Å². The van der Waals surface area contributed by atoms with Crippen molar-refractivity contribution in [3.05, 3.63) is 51.0 Å². The van der Waals surface area contributed by atoms with Gasteiger partial charge in [0.1, 0.15) is 11.5 Å². The molecule has 0 bridgehead atoms. The molecule has 0 aliphatic carbocycles. The Morgan fingerprint density at radius 3 is 2.90 bits per heavy atom. The van der Waals surface area contributed by atoms with E-state index in [1.165, 1.54) is 18.2 Å². The molecule has 3 nitrogen and oxygen atoms in total. The normalized spacial score (nSPS) is 10.8. The van der Waals surface area contributed by atoms with Crippen LogP contribution in [0.15, 0.2) is 28.9 Å². The first kappa shape index (κ1) is 15.2. The van der Waals surface area contributed by atoms with Crippen LogP contribution in [0.3, 0.4) is 0 Å². The first-order valence-corrected chi connectivity index (χ1v) is 7.38. The van der Waals surface area contributed by atoms with Gasteiger partial charge in [-0.1, -0.05) is 24.6 Å². The zero-order chi connectivity index (χ0) is 14.7. The molecule has 0 atom stereocenters. The van der Waals surface area contributed by atoms with Crippen molar-refractivity contribution in [2.24, 2.45) is 0 Å². The van der Waals surface area contributed by atoms with Crippen LogP contribution in [0.1, 0.15) is 29.4 Å². The maximum Gasteiger partial charge on any atom is 0.186 e. The second-order valence-corrected chi connectivity index (χ2v) is 5.66. The molecule has 0 unspecified atom stereocenters. The number of carbonyl (C=O) groups excluding carboxylic acids is 1. The number of halogens is 3. The fourth-order valence-corrected chi connectivity index (χ4v) is 2.69. The summed E-state index contributed by atoms with van der Waals surface area (Å²) in [4.78, 5) is 12.4. The molecule has 20 heavy (non-hydrogen) atoms. The maximum atomic E-state index is 13.0. The number of aromatic nitrogens is 2. The number of benzene rings is 1. The fraction of sp³-hybridized carbons (Fsp3) is 0.286. The number of nitrogens with zero attached hydrogens (tertiary/aromatic N) is 2. The summed E-state index contributed by atoms with van der Waals surface area (Å²) in [6, 6.07) is 4.04. The molecule has 1 aromatic heterocycles. The van der Waals surface area contributed by atoms with Crippen LogP contribution < -0.4 is 0 Å². The smallest absolute Gasteiger partial charge is 0.186 e. The minimum Gasteiger partial charge on any atom is -0.292 e. The summed E-state index contributed by atoms with van der Waals surface area (Å²) in [5, 5.41) is 4.42. The van der Waals surface area contributed by atoms with Crippen molar-refractivity contribution >= 4 is 33.3 Å². The Bertz CT molecular complexity index is 642. The third-order valence-electron chi connectivity index (χ3n) is 2.86. The van der Waals surface area contributed by atoms with Gasteiger partial charge in [-0.2, -0.15) is 5.10 Å². The van der Waals surface area contributed by atoms with Crippen LogP contribution in [0, 0.1) is 5.82 Å². The van der Waals surface area contributed by atoms with Crippen LogP contribution in [-0.4, -0.2) is 15.6 Å². The lowest BCUT2D eigenvalue weighted by Crippen LogP contribution is -2.13. The lowest BCUT2D eigenvalue weighted by atomic mass is 10.1. The van der Waals surface area contributed by atoms with E-state index in [1.807, 2.05) is 6.92 Å². The molecular formula is C14H13BrClFN2O. The fourth-order valence-electron chi connectivity index (χ4n) is 1.94. The van der Waals surface area contributed by atoms with E-state index < -0.39 is 5.82 Å². The standard InChI is InChI=1S/C14H13BrClFN2O/c1-2-5-19-14(11(15)8-18-19)13(20)6-9-3-4-10(17)7-12(9)16/h3-4,7-8H,2,5-6H2,1H3. The molecule has 1 aromatic carbocycles. The molecule has 0 saturated heterocycles. The van der Waals surface area contributed by atoms with Gasteiger partial charge in [0.2, 0.25) is 0 Å². The quantitative estimate of drug-likeness (QED) is 0.747. The number of hydrogen-bond donors (Lipinski definition) is 0. The van der Waals surface area contributed by atoms with Crippen LogP contribution >= 0.6 is 27.5 Å². The van der Waals surface area contributed by atoms with Gasteiger partial charge in [-0.15, -0.1) is 0 Å². The molecule has 0 N–H and O–H groups in total. The Kier molecular flexibility index (Phi) is 4.94. The highest BCUT2D eigenvalue weighted by Gasteiger charge is 2.18. The van der Waals surface area contributed by atoms with E-state index in [2.05, 4.69) is 21.0 Å². The second kappa shape index (κ2) is 6.50. The monoisotopic (exact) mass is 358 g/mol. The van der Waals surface area contributed by atoms with Gasteiger partial charge < -0.3 is 0 Å². The Morgan fingerprint density at radius 2 is 2.25 bits per heavy atom. The molecule has 0 spiro atoms. The molecule has 0 aliphatic heterocycles. The summed E-state index contributed by atoms with van der Waals surface area (Å²) in [6.07, 6.45) is 2.61. The Hall–Kier alpha value is -1.20. The van der Waals surface area contributed by atoms with Crippen molar-refractivity contribution in [2.45, 2.75) is 26.3 Å². The molecule has 0 radical (unpaired) electrons. The summed E-state index contributed by atoms with van der Waals surface area (Å²) in [7, 11) is 0. The van der Waals surface area contributed by atoms with Gasteiger partial charge >= 0.3 is 0 Å². The van der Waals surface area contributed by atoms with Crippen molar-refractivity contribution in [1.82, 2.24) is 9.78 Å². The molecule has 6 heteroatoms. The highest BCUT2D eigenvalue weighted by atomic mass is 79.9. The van der Waals surface area contributed by atoms with E-state index in [0.29, 0.717) is 22.3 Å². The molecule has 1 heterocycles. The van der Waals surface area contributed by atoms with Crippen LogP contribution in [0.4, 0.5) is 4.39 Å². The minimum absolute atomic E-state index is 0.101. The molecule has 2 rings (SSSR count). The summed E-state index contributed by atoms with van der Waals surface area (Å²) in [6.45, 7) is 2.69. The zero-order valence-electron chi connectivity index (χ0n) is 10.9. The first-order valence-electron chi connectivity index (χ1n) is 6.21. The molecule has 2 aromatic rings. The highest BCUT2D eigenvalue weighted by molar-refractivity contribution is 9.10. The van der Waals surface area contributed by atoms with Gasteiger partial charge in [0.25, 0.3) is 0 Å². The molecule has 0 saturated carbocycles. The van der Waals surface area contributed by atoms with Gasteiger partial charge in [0.05, 0.1) is 10.7 Å². The lowest BCUT2D eigenvalue weighted by molar-refractivity contribution is 0.0981. The molecule has 0 aliphatic rings. The Morgan fingerprint density at radius 1 is 1.50 bits per heavy atom. The van der Waals surface area contributed by atoms with Crippen molar-refractivity contribution < 1.29 is 9.18 Å². The third-order valence-corrected chi connectivity index (χ3v) is 3.79. The minimum atomic E-state index is -0.414. The van der Waals surface area contributed by atoms with E-state index in [9.17, 15) is 9.18 Å². The average Bonchev–Trinajstić information content (AvgIpc) is 2.74. The predicted octanol–water partition coefficient (Wildman–Crippen LogP) is 4.27. The van der Waals surface area contributed by atoms with Crippen LogP contribution in [0.5, 0.6) is 0 Å². The number of Topliss-reactive ketones (excluding diaryl/α,β-unsaturated/α-hetero) is 1. The number of rotatable bonds is 5. The number of ketones is 1. The van der Waals surface area contributed by atoms with Gasteiger partial charge in [-0.05, 0) is 40.0 Å². The van der Waals surface area contributed by atoms with Crippen LogP contribution in [0.25, 0.3) is 0 Å². The third kappa shape index (κ3) is 3.27. The van der Waals surface area contributed by atoms with Gasteiger partial charge in [0, 0.05) is 18.0 Å². The van der Waals surface area contributed by atoms with Crippen LogP contribution in [0.2, 0.25) is 5.02 Å². The zero-order valence-corrected chi connectivity index (χ0v) is 13.2. The van der Waals surface area contributed by atoms with Crippen molar-refractivity contribution in [1.29, 1.82) is 0 Å². The van der Waals surface area contributed by atoms with E-state index in [4.69, 9.17) is 11.6 Å². The molecule has 106 valence electrons. The van der Waals surface area contributed by atoms with Crippen molar-refractivity contribution in [2.75, 3.05) is 0 Å². The van der Waals surface area contributed by atoms with Crippen LogP contribution in [-0.2, 0) is 13.0 Å². The van der Waals surface area contributed by atoms with Gasteiger partial charge in [-0.3, -0.25) is 9.48 Å². The summed E-state index contributed by atoms with van der Waals surface area (Å²) >= 11 is 9.28.